The summed E-state index contributed by atoms with van der Waals surface area (Å²) in [4.78, 5) is 15.6. The quantitative estimate of drug-likeness (QED) is 0.786. The molecular weight excluding hydrogens is 268 g/mol. The van der Waals surface area contributed by atoms with E-state index in [1.807, 2.05) is 43.0 Å². The fraction of sp³-hybridized carbons (Fsp3) is 0.533. The molecule has 0 bridgehead atoms. The van der Waals surface area contributed by atoms with Crippen molar-refractivity contribution in [3.63, 3.8) is 0 Å². The highest BCUT2D eigenvalue weighted by molar-refractivity contribution is 5.87. The molecule has 114 valence electrons. The van der Waals surface area contributed by atoms with Gasteiger partial charge in [-0.3, -0.25) is 4.79 Å². The number of hydrogen-bond donors (Lipinski definition) is 0. The molecule has 0 radical (unpaired) electrons. The number of anilines is 1. The van der Waals surface area contributed by atoms with E-state index in [1.54, 1.807) is 12.2 Å². The van der Waals surface area contributed by atoms with Gasteiger partial charge in [-0.25, -0.2) is 0 Å². The van der Waals surface area contributed by atoms with Crippen molar-refractivity contribution < 1.29 is 9.53 Å². The van der Waals surface area contributed by atoms with Gasteiger partial charge in [0, 0.05) is 26.7 Å². The lowest BCUT2D eigenvalue weighted by molar-refractivity contribution is -0.128. The van der Waals surface area contributed by atoms with Crippen LogP contribution in [0.5, 0.6) is 5.88 Å². The summed E-state index contributed by atoms with van der Waals surface area (Å²) in [5.74, 6) is 1.33. The Bertz CT molecular complexity index is 499. The summed E-state index contributed by atoms with van der Waals surface area (Å²) in [5.41, 5.74) is 0. The van der Waals surface area contributed by atoms with Crippen molar-refractivity contribution in [2.45, 2.75) is 25.9 Å². The van der Waals surface area contributed by atoms with E-state index in [4.69, 9.17) is 4.74 Å². The Hall–Kier alpha value is -2.11. The number of rotatable bonds is 4. The van der Waals surface area contributed by atoms with Gasteiger partial charge in [0.15, 0.2) is 5.82 Å². The van der Waals surface area contributed by atoms with Crippen LogP contribution in [0, 0.1) is 0 Å². The lowest BCUT2D eigenvalue weighted by Gasteiger charge is -2.31. The predicted molar refractivity (Wildman–Crippen MR) is 81.4 cm³/mol. The number of allylic oxidation sites excluding steroid dienone is 1. The molecule has 1 unspecified atom stereocenters. The minimum Gasteiger partial charge on any atom is -0.471 e. The van der Waals surface area contributed by atoms with Crippen LogP contribution < -0.4 is 9.64 Å². The fourth-order valence-corrected chi connectivity index (χ4v) is 2.27. The van der Waals surface area contributed by atoms with Crippen LogP contribution in [0.15, 0.2) is 24.3 Å². The minimum atomic E-state index is -0.0209. The van der Waals surface area contributed by atoms with Crippen molar-refractivity contribution in [1.29, 1.82) is 0 Å². The highest BCUT2D eigenvalue weighted by Crippen LogP contribution is 2.17. The number of ether oxygens (including phenoxy) is 1. The number of carbonyl (C=O) groups is 1. The summed E-state index contributed by atoms with van der Waals surface area (Å²) >= 11 is 0. The second kappa shape index (κ2) is 7.06. The fourth-order valence-electron chi connectivity index (χ4n) is 2.27. The molecule has 2 rings (SSSR count). The van der Waals surface area contributed by atoms with Crippen LogP contribution >= 0.6 is 0 Å². The Balaban J connectivity index is 1.94. The number of amides is 1. The number of nitrogens with zero attached hydrogens (tertiary/aromatic N) is 4. The maximum atomic E-state index is 11.9. The molecule has 1 saturated heterocycles. The molecule has 6 heteroatoms. The second-order valence-corrected chi connectivity index (χ2v) is 5.29. The monoisotopic (exact) mass is 290 g/mol. The smallest absolute Gasteiger partial charge is 0.246 e. The predicted octanol–water partition coefficient (Wildman–Crippen LogP) is 1.49. The molecule has 0 aromatic carbocycles. The van der Waals surface area contributed by atoms with Crippen molar-refractivity contribution in [1.82, 2.24) is 15.1 Å². The molecule has 6 nitrogen and oxygen atoms in total. The molecule has 1 aliphatic heterocycles. The lowest BCUT2D eigenvalue weighted by Crippen LogP contribution is -2.43. The van der Waals surface area contributed by atoms with Crippen LogP contribution in [-0.2, 0) is 4.79 Å². The van der Waals surface area contributed by atoms with Crippen LogP contribution in [-0.4, -0.2) is 54.3 Å². The highest BCUT2D eigenvalue weighted by Gasteiger charge is 2.24. The van der Waals surface area contributed by atoms with Gasteiger partial charge in [-0.15, -0.1) is 10.2 Å². The first-order chi connectivity index (χ1) is 10.1. The van der Waals surface area contributed by atoms with Gasteiger partial charge in [0.25, 0.3) is 0 Å². The van der Waals surface area contributed by atoms with Crippen LogP contribution in [0.3, 0.4) is 0 Å². The summed E-state index contributed by atoms with van der Waals surface area (Å²) in [6.45, 7) is 3.23. The molecule has 1 aromatic rings. The van der Waals surface area contributed by atoms with Crippen LogP contribution in [0.25, 0.3) is 0 Å². The van der Waals surface area contributed by atoms with Crippen molar-refractivity contribution >= 4 is 11.7 Å². The van der Waals surface area contributed by atoms with Crippen LogP contribution in [0.1, 0.15) is 19.8 Å². The number of piperidine rings is 1. The van der Waals surface area contributed by atoms with Crippen molar-refractivity contribution in [2.75, 3.05) is 32.1 Å². The van der Waals surface area contributed by atoms with E-state index in [2.05, 4.69) is 10.2 Å². The van der Waals surface area contributed by atoms with E-state index in [-0.39, 0.29) is 12.0 Å². The van der Waals surface area contributed by atoms with Gasteiger partial charge >= 0.3 is 0 Å². The Morgan fingerprint density at radius 2 is 2.24 bits per heavy atom. The van der Waals surface area contributed by atoms with E-state index in [0.29, 0.717) is 12.4 Å². The van der Waals surface area contributed by atoms with Gasteiger partial charge in [0.05, 0.1) is 6.54 Å². The van der Waals surface area contributed by atoms with Crippen molar-refractivity contribution in [2.24, 2.45) is 0 Å². The molecule has 0 aliphatic carbocycles. The Labute approximate surface area is 125 Å². The van der Waals surface area contributed by atoms with Crippen molar-refractivity contribution in [3.05, 3.63) is 24.3 Å². The van der Waals surface area contributed by atoms with Gasteiger partial charge in [-0.05, 0) is 31.9 Å². The number of hydrogen-bond acceptors (Lipinski definition) is 5. The Kier molecular flexibility index (Phi) is 5.14. The van der Waals surface area contributed by atoms with E-state index < -0.39 is 0 Å². The number of likely N-dealkylation sites (tertiary alicyclic amines) is 1. The molecule has 2 heterocycles. The van der Waals surface area contributed by atoms with Gasteiger partial charge in [0.2, 0.25) is 11.8 Å². The maximum absolute atomic E-state index is 11.9. The average molecular weight is 290 g/mol. The molecule has 1 amide bonds. The van der Waals surface area contributed by atoms with Gasteiger partial charge < -0.3 is 14.5 Å². The number of aromatic nitrogens is 2. The molecule has 1 fully saturated rings. The Morgan fingerprint density at radius 1 is 1.43 bits per heavy atom. The van der Waals surface area contributed by atoms with Crippen molar-refractivity contribution in [3.8, 4) is 5.88 Å². The summed E-state index contributed by atoms with van der Waals surface area (Å²) < 4.78 is 5.84. The summed E-state index contributed by atoms with van der Waals surface area (Å²) in [7, 11) is 3.83. The highest BCUT2D eigenvalue weighted by atomic mass is 16.5. The average Bonchev–Trinajstić information content (AvgIpc) is 2.48. The van der Waals surface area contributed by atoms with E-state index in [0.717, 1.165) is 25.2 Å². The zero-order chi connectivity index (χ0) is 15.2. The maximum Gasteiger partial charge on any atom is 0.246 e. The largest absolute Gasteiger partial charge is 0.471 e. The minimum absolute atomic E-state index is 0.0209. The third-order valence-electron chi connectivity index (χ3n) is 3.37. The van der Waals surface area contributed by atoms with E-state index >= 15 is 0 Å². The normalized spacial score (nSPS) is 18.8. The third-order valence-corrected chi connectivity index (χ3v) is 3.37. The van der Waals surface area contributed by atoms with Gasteiger partial charge in [-0.1, -0.05) is 6.08 Å². The summed E-state index contributed by atoms with van der Waals surface area (Å²) in [5, 5.41) is 8.16. The summed E-state index contributed by atoms with van der Waals surface area (Å²) in [6, 6.07) is 3.68. The molecule has 1 aliphatic rings. The lowest BCUT2D eigenvalue weighted by atomic mass is 10.1. The molecule has 1 atom stereocenters. The first-order valence-corrected chi connectivity index (χ1v) is 7.19. The first-order valence-electron chi connectivity index (χ1n) is 7.19. The van der Waals surface area contributed by atoms with E-state index in [9.17, 15) is 4.79 Å². The molecular formula is C15H22N4O2. The molecule has 0 spiro atoms. The first kappa shape index (κ1) is 15.3. The molecule has 0 N–H and O–H groups in total. The zero-order valence-electron chi connectivity index (χ0n) is 12.8. The standard InChI is InChI=1S/C15H22N4O2/c1-4-6-15(20)19-10-5-7-12(11-19)21-14-9-8-13(16-17-14)18(2)3/h4,6,8-9,12H,5,7,10-11H2,1-3H3/b6-4+. The zero-order valence-corrected chi connectivity index (χ0v) is 12.8. The SMILES string of the molecule is C/C=C/C(=O)N1CCCC(Oc2ccc(N(C)C)nn2)C1. The van der Waals surface area contributed by atoms with E-state index in [1.165, 1.54) is 0 Å². The Morgan fingerprint density at radius 3 is 2.86 bits per heavy atom. The topological polar surface area (TPSA) is 58.6 Å². The summed E-state index contributed by atoms with van der Waals surface area (Å²) in [6.07, 6.45) is 5.20. The third kappa shape index (κ3) is 4.18. The van der Waals surface area contributed by atoms with Gasteiger partial charge in [-0.2, -0.15) is 0 Å². The van der Waals surface area contributed by atoms with Crippen LogP contribution in [0.4, 0.5) is 5.82 Å². The number of carbonyl (C=O) groups excluding carboxylic acids is 1. The second-order valence-electron chi connectivity index (χ2n) is 5.29. The molecule has 21 heavy (non-hydrogen) atoms. The van der Waals surface area contributed by atoms with Gasteiger partial charge in [0.1, 0.15) is 6.10 Å². The molecule has 1 aromatic heterocycles. The molecule has 0 saturated carbocycles. The van der Waals surface area contributed by atoms with Crippen LogP contribution in [0.2, 0.25) is 0 Å².